The number of hydrogen-bond acceptors (Lipinski definition) is 10. The van der Waals surface area contributed by atoms with Crippen molar-refractivity contribution in [3.05, 3.63) is 77.1 Å². The Morgan fingerprint density at radius 1 is 1.12 bits per heavy atom. The fraction of sp³-hybridized carbons (Fsp3) is 0.258. The molecule has 6 aromatic rings. The molecule has 5 heterocycles. The Labute approximate surface area is 255 Å². The molecule has 2 aromatic carbocycles. The van der Waals surface area contributed by atoms with Gasteiger partial charge in [0.2, 0.25) is 0 Å². The number of hydrogen-bond donors (Lipinski definition) is 0. The largest absolute Gasteiger partial charge is 0.497 e. The summed E-state index contributed by atoms with van der Waals surface area (Å²) in [6.07, 6.45) is 2.76. The number of likely N-dealkylation sites (N-methyl/N-ethyl adjacent to an activating group) is 1. The average molecular weight is 613 g/mol. The zero-order valence-corrected chi connectivity index (χ0v) is 25.4. The highest BCUT2D eigenvalue weighted by Crippen LogP contribution is 2.39. The van der Waals surface area contributed by atoms with Crippen LogP contribution in [0.1, 0.15) is 28.2 Å². The van der Waals surface area contributed by atoms with Crippen LogP contribution in [0, 0.1) is 6.92 Å². The van der Waals surface area contributed by atoms with Gasteiger partial charge in [-0.3, -0.25) is 4.79 Å². The predicted molar refractivity (Wildman–Crippen MR) is 166 cm³/mol. The smallest absolute Gasteiger partial charge is 0.253 e. The zero-order valence-electron chi connectivity index (χ0n) is 23.8. The predicted octanol–water partition coefficient (Wildman–Crippen LogP) is 5.89. The second-order valence-electron chi connectivity index (χ2n) is 10.3. The van der Waals surface area contributed by atoms with Crippen molar-refractivity contribution < 1.29 is 19.0 Å². The monoisotopic (exact) mass is 612 g/mol. The third-order valence-corrected chi connectivity index (χ3v) is 9.47. The number of fused-ring (bicyclic) bond motifs is 2. The summed E-state index contributed by atoms with van der Waals surface area (Å²) in [4.78, 5) is 29.0. The van der Waals surface area contributed by atoms with Crippen LogP contribution in [0.3, 0.4) is 0 Å². The maximum Gasteiger partial charge on any atom is 0.253 e. The first-order chi connectivity index (χ1) is 20.9. The fourth-order valence-corrected chi connectivity index (χ4v) is 6.78. The first kappa shape index (κ1) is 27.4. The Morgan fingerprint density at radius 3 is 2.77 bits per heavy atom. The standard InChI is InChI=1S/C31H28N6O4S2/c1-18-4-9-27-33-25(14-37(27)35-18)30-34-24-12-23(39-3)13-26(28(24)43-30)41-15-21-17-42-29(32-21)19-5-7-20(8-6-19)31(38)36(2)22-10-11-40-16-22/h4-9,12-14,17,22H,10-11,15-16H2,1-3H3/t22-/m0/s1. The molecule has 1 aliphatic heterocycles. The molecule has 0 aliphatic carbocycles. The maximum atomic E-state index is 12.9. The van der Waals surface area contributed by atoms with Crippen LogP contribution in [0.4, 0.5) is 0 Å². The topological polar surface area (TPSA) is 104 Å². The average Bonchev–Trinajstić information content (AvgIpc) is 3.85. The van der Waals surface area contributed by atoms with Gasteiger partial charge in [0.15, 0.2) is 5.65 Å². The van der Waals surface area contributed by atoms with E-state index in [0.717, 1.165) is 54.9 Å². The zero-order chi connectivity index (χ0) is 29.5. The lowest BCUT2D eigenvalue weighted by Crippen LogP contribution is -2.37. The molecule has 10 nitrogen and oxygen atoms in total. The number of carbonyl (C=O) groups is 1. The van der Waals surface area contributed by atoms with Crippen LogP contribution >= 0.6 is 22.7 Å². The number of ether oxygens (including phenoxy) is 3. The van der Waals surface area contributed by atoms with Crippen molar-refractivity contribution in [1.29, 1.82) is 0 Å². The lowest BCUT2D eigenvalue weighted by atomic mass is 10.1. The molecular formula is C31H28N6O4S2. The van der Waals surface area contributed by atoms with Gasteiger partial charge in [0.25, 0.3) is 5.91 Å². The Hall–Kier alpha value is -4.39. The third kappa shape index (κ3) is 5.44. The van der Waals surface area contributed by atoms with E-state index in [4.69, 9.17) is 29.2 Å². The van der Waals surface area contributed by atoms with Crippen LogP contribution < -0.4 is 9.47 Å². The summed E-state index contributed by atoms with van der Waals surface area (Å²) < 4.78 is 19.9. The molecule has 4 aromatic heterocycles. The summed E-state index contributed by atoms with van der Waals surface area (Å²) in [6.45, 7) is 3.53. The molecule has 0 saturated carbocycles. The van der Waals surface area contributed by atoms with Crippen LogP contribution in [-0.4, -0.2) is 68.8 Å². The van der Waals surface area contributed by atoms with E-state index in [9.17, 15) is 4.79 Å². The Kier molecular flexibility index (Phi) is 7.25. The van der Waals surface area contributed by atoms with E-state index in [2.05, 4.69) is 5.10 Å². The lowest BCUT2D eigenvalue weighted by Gasteiger charge is -2.23. The summed E-state index contributed by atoms with van der Waals surface area (Å²) >= 11 is 3.06. The number of nitrogens with zero attached hydrogens (tertiary/aromatic N) is 6. The van der Waals surface area contributed by atoms with E-state index in [1.165, 1.54) is 11.3 Å². The van der Waals surface area contributed by atoms with Crippen LogP contribution in [0.2, 0.25) is 0 Å². The van der Waals surface area contributed by atoms with E-state index in [1.54, 1.807) is 27.9 Å². The second-order valence-corrected chi connectivity index (χ2v) is 12.2. The summed E-state index contributed by atoms with van der Waals surface area (Å²) in [5.41, 5.74) is 5.61. The number of aryl methyl sites for hydroxylation is 1. The van der Waals surface area contributed by atoms with E-state index in [-0.39, 0.29) is 18.6 Å². The third-order valence-electron chi connectivity index (χ3n) is 7.42. The van der Waals surface area contributed by atoms with E-state index in [0.29, 0.717) is 30.3 Å². The molecule has 0 N–H and O–H groups in total. The van der Waals surface area contributed by atoms with Gasteiger partial charge in [0.05, 0.1) is 47.6 Å². The highest BCUT2D eigenvalue weighted by atomic mass is 32.1. The number of rotatable bonds is 8. The first-order valence-electron chi connectivity index (χ1n) is 13.8. The van der Waals surface area contributed by atoms with Gasteiger partial charge in [-0.25, -0.2) is 19.5 Å². The van der Waals surface area contributed by atoms with Gasteiger partial charge in [0.1, 0.15) is 33.8 Å². The molecule has 43 heavy (non-hydrogen) atoms. The van der Waals surface area contributed by atoms with Crippen molar-refractivity contribution in [2.24, 2.45) is 0 Å². The molecule has 0 unspecified atom stereocenters. The van der Waals surface area contributed by atoms with Gasteiger partial charge < -0.3 is 19.1 Å². The van der Waals surface area contributed by atoms with E-state index in [1.807, 2.05) is 74.1 Å². The molecule has 218 valence electrons. The van der Waals surface area contributed by atoms with E-state index >= 15 is 0 Å². The van der Waals surface area contributed by atoms with Crippen molar-refractivity contribution >= 4 is 44.4 Å². The van der Waals surface area contributed by atoms with Crippen LogP contribution in [0.15, 0.2) is 60.1 Å². The molecule has 1 amide bonds. The van der Waals surface area contributed by atoms with Gasteiger partial charge in [0, 0.05) is 42.3 Å². The van der Waals surface area contributed by atoms with Crippen molar-refractivity contribution in [2.75, 3.05) is 27.4 Å². The van der Waals surface area contributed by atoms with Crippen molar-refractivity contribution in [2.45, 2.75) is 26.0 Å². The molecule has 1 saturated heterocycles. The van der Waals surface area contributed by atoms with Gasteiger partial charge in [-0.05, 0) is 37.6 Å². The quantitative estimate of drug-likeness (QED) is 0.210. The normalized spacial score (nSPS) is 14.9. The Balaban J connectivity index is 1.08. The molecule has 12 heteroatoms. The summed E-state index contributed by atoms with van der Waals surface area (Å²) in [7, 11) is 3.46. The highest BCUT2D eigenvalue weighted by molar-refractivity contribution is 7.22. The first-order valence-corrected chi connectivity index (χ1v) is 15.5. The lowest BCUT2D eigenvalue weighted by molar-refractivity contribution is 0.0711. The number of amides is 1. The van der Waals surface area contributed by atoms with Crippen LogP contribution in [0.25, 0.3) is 37.1 Å². The molecule has 0 radical (unpaired) electrons. The number of thiazole rings is 2. The van der Waals surface area contributed by atoms with Gasteiger partial charge >= 0.3 is 0 Å². The molecule has 1 aliphatic rings. The number of carbonyl (C=O) groups excluding carboxylic acids is 1. The summed E-state index contributed by atoms with van der Waals surface area (Å²) in [5.74, 6) is 1.33. The van der Waals surface area contributed by atoms with E-state index < -0.39 is 0 Å². The number of aromatic nitrogens is 5. The molecule has 1 fully saturated rings. The van der Waals surface area contributed by atoms with Crippen molar-refractivity contribution in [3.8, 4) is 32.8 Å². The van der Waals surface area contributed by atoms with Crippen molar-refractivity contribution in [3.63, 3.8) is 0 Å². The fourth-order valence-electron chi connectivity index (χ4n) is 5.00. The summed E-state index contributed by atoms with van der Waals surface area (Å²) in [6, 6.07) is 15.4. The Bertz CT molecular complexity index is 1940. The second kappa shape index (κ2) is 11.4. The van der Waals surface area contributed by atoms with Crippen LogP contribution in [0.5, 0.6) is 11.5 Å². The van der Waals surface area contributed by atoms with Gasteiger partial charge in [-0.2, -0.15) is 5.10 Å². The van der Waals surface area contributed by atoms with Gasteiger partial charge in [-0.15, -0.1) is 22.7 Å². The van der Waals surface area contributed by atoms with Crippen molar-refractivity contribution in [1.82, 2.24) is 29.5 Å². The minimum absolute atomic E-state index is 0.000875. The SMILES string of the molecule is COc1cc(OCc2csc(-c3ccc(C(=O)N(C)[C@H]4CCOC4)cc3)n2)c2sc(-c3cn4nc(C)ccc4n3)nc2c1. The Morgan fingerprint density at radius 2 is 1.98 bits per heavy atom. The number of imidazole rings is 1. The molecule has 0 spiro atoms. The number of methoxy groups -OCH3 is 1. The minimum Gasteiger partial charge on any atom is -0.497 e. The summed E-state index contributed by atoms with van der Waals surface area (Å²) in [5, 5.41) is 8.13. The molecule has 7 rings (SSSR count). The maximum absolute atomic E-state index is 12.9. The molecule has 1 atom stereocenters. The minimum atomic E-state index is -0.000875. The molecule has 0 bridgehead atoms. The highest BCUT2D eigenvalue weighted by Gasteiger charge is 2.25. The van der Waals surface area contributed by atoms with Crippen LogP contribution in [-0.2, 0) is 11.3 Å². The number of benzene rings is 2. The van der Waals surface area contributed by atoms with Gasteiger partial charge in [-0.1, -0.05) is 12.1 Å². The molecular weight excluding hydrogens is 585 g/mol.